The number of carboxylic acid groups (broad SMARTS) is 1. The highest BCUT2D eigenvalue weighted by Crippen LogP contribution is 2.24. The van der Waals surface area contributed by atoms with Gasteiger partial charge in [0.05, 0.1) is 12.2 Å². The number of carboxylic acids is 1. The van der Waals surface area contributed by atoms with Crippen molar-refractivity contribution in [2.24, 2.45) is 5.92 Å². The second-order valence-electron chi connectivity index (χ2n) is 5.57. The Kier molecular flexibility index (Phi) is 6.26. The predicted molar refractivity (Wildman–Crippen MR) is 74.5 cm³/mol. The number of rotatable bonds is 5. The van der Waals surface area contributed by atoms with E-state index in [1.807, 2.05) is 0 Å². The van der Waals surface area contributed by atoms with Crippen LogP contribution in [-0.2, 0) is 14.8 Å². The first-order chi connectivity index (χ1) is 8.82. The number of aliphatic carboxylic acids is 1. The van der Waals surface area contributed by atoms with Crippen LogP contribution in [0.5, 0.6) is 0 Å². The van der Waals surface area contributed by atoms with E-state index in [1.165, 1.54) is 17.0 Å². The van der Waals surface area contributed by atoms with Crippen molar-refractivity contribution < 1.29 is 18.3 Å². The van der Waals surface area contributed by atoms with Crippen LogP contribution in [0.4, 0.5) is 0 Å². The van der Waals surface area contributed by atoms with Gasteiger partial charge in [0.1, 0.15) is 0 Å². The minimum Gasteiger partial charge on any atom is -0.481 e. The van der Waals surface area contributed by atoms with E-state index in [-0.39, 0.29) is 12.6 Å². The molecule has 0 aromatic rings. The topological polar surface area (TPSA) is 74.7 Å². The smallest absolute Gasteiger partial charge is 0.307 e. The van der Waals surface area contributed by atoms with Gasteiger partial charge in [-0.05, 0) is 12.8 Å². The molecule has 112 valence electrons. The molecule has 1 fully saturated rings. The van der Waals surface area contributed by atoms with Crippen molar-refractivity contribution in [2.75, 3.05) is 12.8 Å². The Morgan fingerprint density at radius 3 is 2.11 bits per heavy atom. The quantitative estimate of drug-likeness (QED) is 0.841. The predicted octanol–water partition coefficient (Wildman–Crippen LogP) is 2.08. The summed E-state index contributed by atoms with van der Waals surface area (Å²) in [6.07, 6.45) is 8.43. The molecule has 0 saturated heterocycles. The summed E-state index contributed by atoms with van der Waals surface area (Å²) in [5.74, 6) is -1.61. The zero-order valence-electron chi connectivity index (χ0n) is 11.8. The van der Waals surface area contributed by atoms with Crippen LogP contribution in [0, 0.1) is 5.92 Å². The minimum absolute atomic E-state index is 0.0305. The van der Waals surface area contributed by atoms with Gasteiger partial charge in [-0.3, -0.25) is 4.79 Å². The molecule has 1 saturated carbocycles. The number of hydrogen-bond acceptors (Lipinski definition) is 3. The summed E-state index contributed by atoms with van der Waals surface area (Å²) in [6, 6.07) is -0.0305. The van der Waals surface area contributed by atoms with E-state index in [1.54, 1.807) is 6.92 Å². The van der Waals surface area contributed by atoms with Crippen molar-refractivity contribution in [3.05, 3.63) is 0 Å². The Bertz CT molecular complexity index is 385. The zero-order valence-corrected chi connectivity index (χ0v) is 12.7. The molecule has 0 bridgehead atoms. The lowest BCUT2D eigenvalue weighted by Gasteiger charge is -2.32. The van der Waals surface area contributed by atoms with Crippen LogP contribution >= 0.6 is 0 Å². The molecule has 1 unspecified atom stereocenters. The summed E-state index contributed by atoms with van der Waals surface area (Å²) >= 11 is 0. The summed E-state index contributed by atoms with van der Waals surface area (Å²) in [5.41, 5.74) is 0. The van der Waals surface area contributed by atoms with Crippen molar-refractivity contribution in [3.8, 4) is 0 Å². The first kappa shape index (κ1) is 16.4. The summed E-state index contributed by atoms with van der Waals surface area (Å²) in [6.45, 7) is 1.64. The Balaban J connectivity index is 2.80. The molecule has 19 heavy (non-hydrogen) atoms. The van der Waals surface area contributed by atoms with Gasteiger partial charge in [-0.15, -0.1) is 0 Å². The lowest BCUT2D eigenvalue weighted by atomic mass is 9.96. The summed E-state index contributed by atoms with van der Waals surface area (Å²) in [7, 11) is -3.35. The molecular formula is C13H25NO4S. The van der Waals surface area contributed by atoms with Gasteiger partial charge in [0.25, 0.3) is 0 Å². The van der Waals surface area contributed by atoms with Gasteiger partial charge in [-0.25, -0.2) is 8.42 Å². The van der Waals surface area contributed by atoms with Crippen molar-refractivity contribution in [1.29, 1.82) is 0 Å². The molecule has 0 spiro atoms. The van der Waals surface area contributed by atoms with Gasteiger partial charge < -0.3 is 5.11 Å². The Labute approximate surface area is 116 Å². The standard InChI is InChI=1S/C13H25NO4S/c1-11(13(15)16)10-14(19(2,17)18)12-8-6-4-3-5-7-9-12/h11-12H,3-10H2,1-2H3,(H,15,16). The van der Waals surface area contributed by atoms with E-state index in [0.717, 1.165) is 38.5 Å². The second kappa shape index (κ2) is 7.24. The van der Waals surface area contributed by atoms with E-state index < -0.39 is 21.9 Å². The Hall–Kier alpha value is -0.620. The van der Waals surface area contributed by atoms with Crippen LogP contribution in [0.25, 0.3) is 0 Å². The molecular weight excluding hydrogens is 266 g/mol. The average Bonchev–Trinajstić information content (AvgIpc) is 2.24. The monoisotopic (exact) mass is 291 g/mol. The van der Waals surface area contributed by atoms with Crippen LogP contribution in [0.2, 0.25) is 0 Å². The van der Waals surface area contributed by atoms with Gasteiger partial charge in [-0.1, -0.05) is 39.0 Å². The van der Waals surface area contributed by atoms with Crippen molar-refractivity contribution in [3.63, 3.8) is 0 Å². The van der Waals surface area contributed by atoms with E-state index in [0.29, 0.717) is 0 Å². The number of hydrogen-bond donors (Lipinski definition) is 1. The van der Waals surface area contributed by atoms with E-state index in [4.69, 9.17) is 5.11 Å². The molecule has 1 aliphatic carbocycles. The van der Waals surface area contributed by atoms with E-state index >= 15 is 0 Å². The third-order valence-corrected chi connectivity index (χ3v) is 5.08. The van der Waals surface area contributed by atoms with Crippen molar-refractivity contribution >= 4 is 16.0 Å². The van der Waals surface area contributed by atoms with Crippen LogP contribution in [-0.4, -0.2) is 42.6 Å². The van der Waals surface area contributed by atoms with Crippen LogP contribution < -0.4 is 0 Å². The Morgan fingerprint density at radius 2 is 1.68 bits per heavy atom. The molecule has 0 heterocycles. The molecule has 1 atom stereocenters. The molecule has 0 amide bonds. The molecule has 0 radical (unpaired) electrons. The largest absolute Gasteiger partial charge is 0.481 e. The summed E-state index contributed by atoms with van der Waals surface area (Å²) < 4.78 is 25.3. The lowest BCUT2D eigenvalue weighted by molar-refractivity contribution is -0.141. The van der Waals surface area contributed by atoms with Crippen LogP contribution in [0.1, 0.15) is 51.9 Å². The average molecular weight is 291 g/mol. The molecule has 0 aromatic heterocycles. The third kappa shape index (κ3) is 5.48. The maximum Gasteiger partial charge on any atom is 0.307 e. The first-order valence-electron chi connectivity index (χ1n) is 7.02. The molecule has 0 aromatic carbocycles. The van der Waals surface area contributed by atoms with E-state index in [9.17, 15) is 13.2 Å². The minimum atomic E-state index is -3.35. The summed E-state index contributed by atoms with van der Waals surface area (Å²) in [4.78, 5) is 10.9. The zero-order chi connectivity index (χ0) is 14.5. The highest BCUT2D eigenvalue weighted by molar-refractivity contribution is 7.88. The number of nitrogens with zero attached hydrogens (tertiary/aromatic N) is 1. The fourth-order valence-electron chi connectivity index (χ4n) is 2.63. The maximum absolute atomic E-state index is 11.9. The van der Waals surface area contributed by atoms with Gasteiger partial charge >= 0.3 is 5.97 Å². The molecule has 5 nitrogen and oxygen atoms in total. The van der Waals surface area contributed by atoms with Gasteiger partial charge in [0, 0.05) is 12.6 Å². The highest BCUT2D eigenvalue weighted by Gasteiger charge is 2.29. The fraction of sp³-hybridized carbons (Fsp3) is 0.923. The van der Waals surface area contributed by atoms with Crippen molar-refractivity contribution in [1.82, 2.24) is 4.31 Å². The number of sulfonamides is 1. The van der Waals surface area contributed by atoms with Gasteiger partial charge in [-0.2, -0.15) is 4.31 Å². The van der Waals surface area contributed by atoms with Gasteiger partial charge in [0.15, 0.2) is 0 Å². The highest BCUT2D eigenvalue weighted by atomic mass is 32.2. The molecule has 1 N–H and O–H groups in total. The fourth-order valence-corrected chi connectivity index (χ4v) is 3.87. The molecule has 6 heteroatoms. The SMILES string of the molecule is CC(CN(C1CCCCCCC1)S(C)(=O)=O)C(=O)O. The maximum atomic E-state index is 11.9. The van der Waals surface area contributed by atoms with E-state index in [2.05, 4.69) is 0 Å². The molecule has 0 aliphatic heterocycles. The third-order valence-electron chi connectivity index (χ3n) is 3.78. The molecule has 1 aliphatic rings. The molecule has 1 rings (SSSR count). The Morgan fingerprint density at radius 1 is 1.21 bits per heavy atom. The van der Waals surface area contributed by atoms with Crippen LogP contribution in [0.15, 0.2) is 0 Å². The lowest BCUT2D eigenvalue weighted by Crippen LogP contribution is -2.43. The number of carbonyl (C=O) groups is 1. The second-order valence-corrected chi connectivity index (χ2v) is 7.51. The van der Waals surface area contributed by atoms with Crippen molar-refractivity contribution in [2.45, 2.75) is 57.9 Å². The van der Waals surface area contributed by atoms with Gasteiger partial charge in [0.2, 0.25) is 10.0 Å². The first-order valence-corrected chi connectivity index (χ1v) is 8.87. The normalized spacial score (nSPS) is 20.8. The van der Waals surface area contributed by atoms with Crippen LogP contribution in [0.3, 0.4) is 0 Å². The summed E-state index contributed by atoms with van der Waals surface area (Å²) in [5, 5.41) is 8.97.